The Morgan fingerprint density at radius 2 is 1.85 bits per heavy atom. The van der Waals surface area contributed by atoms with Gasteiger partial charge in [0.15, 0.2) is 0 Å². The van der Waals surface area contributed by atoms with E-state index in [9.17, 15) is 18.3 Å². The molecule has 2 aromatic rings. The quantitative estimate of drug-likeness (QED) is 0.598. The van der Waals surface area contributed by atoms with Crippen LogP contribution in [0.2, 0.25) is 0 Å². The molecule has 2 rings (SSSR count). The average molecular weight is 433 g/mol. The topological polar surface area (TPSA) is 67.5 Å². The number of hydrogen-bond donors (Lipinski definition) is 3. The van der Waals surface area contributed by atoms with Crippen molar-refractivity contribution in [2.75, 3.05) is 13.2 Å². The Hall–Kier alpha value is -1.61. The standard InChI is InChI=1S/C18H20BrF3N2O2/c19-14-4-6-15(7-5-14)26-11-16(23)17(25)10-24-9-12-2-1-3-13(8-12)18(20,21)22/h1-8,16-17,24-25H,9-11,23H2/t16-,17+/m0/s1. The third-order valence-electron chi connectivity index (χ3n) is 3.69. The lowest BCUT2D eigenvalue weighted by atomic mass is 10.1. The minimum absolute atomic E-state index is 0.119. The highest BCUT2D eigenvalue weighted by atomic mass is 79.9. The summed E-state index contributed by atoms with van der Waals surface area (Å²) in [6.45, 7) is 0.455. The lowest BCUT2D eigenvalue weighted by Gasteiger charge is -2.20. The molecule has 0 saturated carbocycles. The summed E-state index contributed by atoms with van der Waals surface area (Å²) in [6, 6.07) is 11.6. The SMILES string of the molecule is N[C@@H](COc1ccc(Br)cc1)[C@H](O)CNCc1cccc(C(F)(F)F)c1. The number of aliphatic hydroxyl groups excluding tert-OH is 1. The van der Waals surface area contributed by atoms with Crippen molar-refractivity contribution >= 4 is 15.9 Å². The Kier molecular flexibility index (Phi) is 7.45. The summed E-state index contributed by atoms with van der Waals surface area (Å²) >= 11 is 3.32. The monoisotopic (exact) mass is 432 g/mol. The maximum Gasteiger partial charge on any atom is 0.416 e. The predicted molar refractivity (Wildman–Crippen MR) is 96.8 cm³/mol. The second-order valence-electron chi connectivity index (χ2n) is 5.83. The molecule has 0 aliphatic heterocycles. The maximum atomic E-state index is 12.7. The van der Waals surface area contributed by atoms with Crippen molar-refractivity contribution in [1.29, 1.82) is 0 Å². The van der Waals surface area contributed by atoms with E-state index in [1.165, 1.54) is 6.07 Å². The summed E-state index contributed by atoms with van der Waals surface area (Å²) < 4.78 is 44.5. The number of halogens is 4. The average Bonchev–Trinajstić information content (AvgIpc) is 2.60. The van der Waals surface area contributed by atoms with Gasteiger partial charge >= 0.3 is 6.18 Å². The molecule has 0 saturated heterocycles. The minimum Gasteiger partial charge on any atom is -0.492 e. The van der Waals surface area contributed by atoms with Crippen molar-refractivity contribution in [3.63, 3.8) is 0 Å². The van der Waals surface area contributed by atoms with E-state index in [0.717, 1.165) is 16.6 Å². The summed E-state index contributed by atoms with van der Waals surface area (Å²) in [5, 5.41) is 13.0. The fourth-order valence-electron chi connectivity index (χ4n) is 2.21. The summed E-state index contributed by atoms with van der Waals surface area (Å²) in [7, 11) is 0. The van der Waals surface area contributed by atoms with Crippen LogP contribution < -0.4 is 15.8 Å². The van der Waals surface area contributed by atoms with E-state index in [1.807, 2.05) is 12.1 Å². The molecule has 0 spiro atoms. The fraction of sp³-hybridized carbons (Fsp3) is 0.333. The molecule has 0 fully saturated rings. The Morgan fingerprint density at radius 1 is 1.15 bits per heavy atom. The van der Waals surface area contributed by atoms with Crippen LogP contribution in [0.15, 0.2) is 53.0 Å². The normalized spacial score (nSPS) is 14.1. The largest absolute Gasteiger partial charge is 0.492 e. The van der Waals surface area contributed by atoms with E-state index >= 15 is 0 Å². The van der Waals surface area contributed by atoms with Crippen molar-refractivity contribution in [3.8, 4) is 5.75 Å². The van der Waals surface area contributed by atoms with Gasteiger partial charge in [-0.3, -0.25) is 0 Å². The Balaban J connectivity index is 1.75. The lowest BCUT2D eigenvalue weighted by molar-refractivity contribution is -0.137. The zero-order chi connectivity index (χ0) is 19.2. The van der Waals surface area contributed by atoms with E-state index < -0.39 is 23.9 Å². The van der Waals surface area contributed by atoms with Crippen LogP contribution in [0.4, 0.5) is 13.2 Å². The zero-order valence-electron chi connectivity index (χ0n) is 13.8. The molecule has 8 heteroatoms. The first-order chi connectivity index (χ1) is 12.3. The molecular formula is C18H20BrF3N2O2. The van der Waals surface area contributed by atoms with Gasteiger partial charge in [0, 0.05) is 17.6 Å². The first kappa shape index (κ1) is 20.7. The van der Waals surface area contributed by atoms with Crippen LogP contribution in [0.5, 0.6) is 5.75 Å². The molecule has 2 aromatic carbocycles. The Bertz CT molecular complexity index is 696. The van der Waals surface area contributed by atoms with E-state index in [1.54, 1.807) is 18.2 Å². The number of aliphatic hydroxyl groups is 1. The van der Waals surface area contributed by atoms with Crippen LogP contribution in [0.1, 0.15) is 11.1 Å². The highest BCUT2D eigenvalue weighted by molar-refractivity contribution is 9.10. The van der Waals surface area contributed by atoms with Crippen LogP contribution in [0.3, 0.4) is 0 Å². The molecule has 26 heavy (non-hydrogen) atoms. The molecule has 0 aliphatic carbocycles. The molecule has 0 unspecified atom stereocenters. The third kappa shape index (κ3) is 6.60. The number of nitrogens with two attached hydrogens (primary N) is 1. The lowest BCUT2D eigenvalue weighted by Crippen LogP contribution is -2.45. The number of hydrogen-bond acceptors (Lipinski definition) is 4. The van der Waals surface area contributed by atoms with Crippen molar-refractivity contribution in [3.05, 3.63) is 64.1 Å². The minimum atomic E-state index is -4.37. The second-order valence-corrected chi connectivity index (χ2v) is 6.74. The second kappa shape index (κ2) is 9.36. The van der Waals surface area contributed by atoms with Gasteiger partial charge in [-0.25, -0.2) is 0 Å². The highest BCUT2D eigenvalue weighted by Crippen LogP contribution is 2.29. The molecule has 0 aromatic heterocycles. The smallest absolute Gasteiger partial charge is 0.416 e. The molecule has 0 heterocycles. The third-order valence-corrected chi connectivity index (χ3v) is 4.22. The molecule has 4 nitrogen and oxygen atoms in total. The molecule has 2 atom stereocenters. The molecule has 142 valence electrons. The van der Waals surface area contributed by atoms with Gasteiger partial charge in [0.1, 0.15) is 12.4 Å². The van der Waals surface area contributed by atoms with Crippen molar-refractivity contribution in [2.24, 2.45) is 5.73 Å². The summed E-state index contributed by atoms with van der Waals surface area (Å²) in [6.07, 6.45) is -5.27. The summed E-state index contributed by atoms with van der Waals surface area (Å²) in [4.78, 5) is 0. The van der Waals surface area contributed by atoms with E-state index in [-0.39, 0.29) is 19.7 Å². The molecular weight excluding hydrogens is 413 g/mol. The van der Waals surface area contributed by atoms with Gasteiger partial charge < -0.3 is 20.9 Å². The number of alkyl halides is 3. The molecule has 0 radical (unpaired) electrons. The maximum absolute atomic E-state index is 12.7. The summed E-state index contributed by atoms with van der Waals surface area (Å²) in [5.41, 5.74) is 5.66. The van der Waals surface area contributed by atoms with Gasteiger partial charge in [0.2, 0.25) is 0 Å². The molecule has 0 aliphatic rings. The number of rotatable bonds is 8. The Labute approximate surface area is 158 Å². The van der Waals surface area contributed by atoms with Crippen molar-refractivity contribution < 1.29 is 23.0 Å². The van der Waals surface area contributed by atoms with Crippen LogP contribution in [0.25, 0.3) is 0 Å². The Morgan fingerprint density at radius 3 is 2.50 bits per heavy atom. The van der Waals surface area contributed by atoms with E-state index in [4.69, 9.17) is 10.5 Å². The van der Waals surface area contributed by atoms with Crippen LogP contribution >= 0.6 is 15.9 Å². The first-order valence-corrected chi connectivity index (χ1v) is 8.74. The van der Waals surface area contributed by atoms with Crippen molar-refractivity contribution in [1.82, 2.24) is 5.32 Å². The number of nitrogens with one attached hydrogen (secondary N) is 1. The molecule has 4 N–H and O–H groups in total. The zero-order valence-corrected chi connectivity index (χ0v) is 15.4. The predicted octanol–water partition coefficient (Wildman–Crippen LogP) is 3.32. The van der Waals surface area contributed by atoms with Gasteiger partial charge in [-0.05, 0) is 35.9 Å². The van der Waals surface area contributed by atoms with Gasteiger partial charge in [-0.15, -0.1) is 0 Å². The van der Waals surface area contributed by atoms with Gasteiger partial charge in [-0.2, -0.15) is 13.2 Å². The van der Waals surface area contributed by atoms with E-state index in [2.05, 4.69) is 21.2 Å². The van der Waals surface area contributed by atoms with E-state index in [0.29, 0.717) is 11.3 Å². The van der Waals surface area contributed by atoms with Crippen LogP contribution in [-0.2, 0) is 12.7 Å². The van der Waals surface area contributed by atoms with Gasteiger partial charge in [0.25, 0.3) is 0 Å². The first-order valence-electron chi connectivity index (χ1n) is 7.94. The number of benzene rings is 2. The summed E-state index contributed by atoms with van der Waals surface area (Å²) in [5.74, 6) is 0.632. The fourth-order valence-corrected chi connectivity index (χ4v) is 2.47. The molecule has 0 bridgehead atoms. The molecule has 0 amide bonds. The van der Waals surface area contributed by atoms with Gasteiger partial charge in [0.05, 0.1) is 17.7 Å². The number of ether oxygens (including phenoxy) is 1. The van der Waals surface area contributed by atoms with Crippen molar-refractivity contribution in [2.45, 2.75) is 24.9 Å². The van der Waals surface area contributed by atoms with Crippen LogP contribution in [0, 0.1) is 0 Å². The van der Waals surface area contributed by atoms with Gasteiger partial charge in [-0.1, -0.05) is 34.1 Å². The van der Waals surface area contributed by atoms with Crippen LogP contribution in [-0.4, -0.2) is 30.4 Å². The highest BCUT2D eigenvalue weighted by Gasteiger charge is 2.30.